The summed E-state index contributed by atoms with van der Waals surface area (Å²) in [5.74, 6) is 0.321. The Morgan fingerprint density at radius 2 is 1.85 bits per heavy atom. The topological polar surface area (TPSA) is 120 Å². The number of aromatic nitrogens is 4. The van der Waals surface area contributed by atoms with Crippen LogP contribution >= 0.6 is 0 Å². The van der Waals surface area contributed by atoms with Gasteiger partial charge < -0.3 is 14.4 Å². The van der Waals surface area contributed by atoms with Crippen LogP contribution in [-0.4, -0.2) is 75.5 Å². The highest BCUT2D eigenvalue weighted by molar-refractivity contribution is 7.91. The van der Waals surface area contributed by atoms with Gasteiger partial charge in [-0.1, -0.05) is 6.08 Å². The van der Waals surface area contributed by atoms with E-state index in [9.17, 15) is 13.2 Å². The Morgan fingerprint density at radius 3 is 2.52 bits per heavy atom. The van der Waals surface area contributed by atoms with E-state index < -0.39 is 20.8 Å². The van der Waals surface area contributed by atoms with Crippen LogP contribution in [0.3, 0.4) is 0 Å². The molecule has 0 aromatic carbocycles. The number of hydrogen-bond donors (Lipinski definition) is 0. The van der Waals surface area contributed by atoms with Gasteiger partial charge in [-0.3, -0.25) is 5.01 Å². The molecule has 0 bridgehead atoms. The first-order valence-electron chi connectivity index (χ1n) is 10.7. The number of sulfone groups is 1. The minimum atomic E-state index is -3.40. The van der Waals surface area contributed by atoms with Crippen molar-refractivity contribution in [1.29, 1.82) is 0 Å². The fourth-order valence-electron chi connectivity index (χ4n) is 3.70. The second kappa shape index (κ2) is 8.65. The van der Waals surface area contributed by atoms with E-state index in [2.05, 4.69) is 15.0 Å². The summed E-state index contributed by atoms with van der Waals surface area (Å²) in [6.07, 6.45) is 11.5. The van der Waals surface area contributed by atoms with Crippen LogP contribution in [0.5, 0.6) is 5.88 Å². The van der Waals surface area contributed by atoms with Crippen molar-refractivity contribution in [2.75, 3.05) is 24.4 Å². The highest BCUT2D eigenvalue weighted by Crippen LogP contribution is 2.26. The molecule has 11 nitrogen and oxygen atoms in total. The van der Waals surface area contributed by atoms with Crippen molar-refractivity contribution < 1.29 is 22.7 Å². The van der Waals surface area contributed by atoms with Crippen LogP contribution in [0.2, 0.25) is 0 Å². The Morgan fingerprint density at radius 1 is 1.12 bits per heavy atom. The third-order valence-corrected chi connectivity index (χ3v) is 6.48. The van der Waals surface area contributed by atoms with E-state index in [4.69, 9.17) is 9.47 Å². The highest BCUT2D eigenvalue weighted by Gasteiger charge is 2.30. The lowest BCUT2D eigenvalue weighted by Gasteiger charge is -2.33. The van der Waals surface area contributed by atoms with E-state index in [1.54, 1.807) is 39.0 Å². The van der Waals surface area contributed by atoms with Crippen LogP contribution in [0.15, 0.2) is 37.1 Å². The first-order chi connectivity index (χ1) is 15.5. The van der Waals surface area contributed by atoms with Gasteiger partial charge in [0.2, 0.25) is 5.88 Å². The van der Waals surface area contributed by atoms with Crippen LogP contribution < -0.4 is 9.75 Å². The van der Waals surface area contributed by atoms with Gasteiger partial charge in [0.05, 0.1) is 0 Å². The van der Waals surface area contributed by atoms with Gasteiger partial charge in [-0.2, -0.15) is 4.98 Å². The average molecular weight is 477 g/mol. The lowest BCUT2D eigenvalue weighted by atomic mass is 10.1. The van der Waals surface area contributed by atoms with Crippen LogP contribution in [0.25, 0.3) is 11.2 Å². The zero-order valence-electron chi connectivity index (χ0n) is 19.1. The molecule has 2 aliphatic heterocycles. The van der Waals surface area contributed by atoms with Crippen LogP contribution in [0.1, 0.15) is 33.6 Å². The van der Waals surface area contributed by atoms with E-state index in [-0.39, 0.29) is 12.2 Å². The number of ether oxygens (including phenoxy) is 2. The molecule has 2 aromatic heterocycles. The Kier molecular flexibility index (Phi) is 6.04. The Bertz CT molecular complexity index is 1190. The first-order valence-corrected chi connectivity index (χ1v) is 12.6. The Labute approximate surface area is 192 Å². The summed E-state index contributed by atoms with van der Waals surface area (Å²) in [4.78, 5) is 26.9. The molecule has 178 valence electrons. The van der Waals surface area contributed by atoms with Crippen molar-refractivity contribution in [3.05, 3.63) is 37.1 Å². The molecule has 0 N–H and O–H groups in total. The van der Waals surface area contributed by atoms with Crippen molar-refractivity contribution in [3.63, 3.8) is 0 Å². The summed E-state index contributed by atoms with van der Waals surface area (Å²) in [5, 5.41) is 0.664. The molecule has 0 aliphatic carbocycles. The number of hydrogen-bond acceptors (Lipinski definition) is 9. The van der Waals surface area contributed by atoms with Crippen LogP contribution in [0.4, 0.5) is 4.79 Å². The number of imidazole rings is 1. The molecule has 33 heavy (non-hydrogen) atoms. The number of rotatable bonds is 4. The second-order valence-electron chi connectivity index (χ2n) is 9.05. The standard InChI is InChI=1S/C21H28N6O5S/c1-21(2,3)32-20(28)25-11-8-15(9-12-25)31-19-17-18(22-13-23-19)27(14-24-17)26-10-6-5-7-16(26)33(4,29)30/h5-7,10,13-16H,8-9,11-12H2,1-4H3. The van der Waals surface area contributed by atoms with Gasteiger partial charge >= 0.3 is 6.09 Å². The zero-order chi connectivity index (χ0) is 23.8. The molecule has 4 heterocycles. The first kappa shape index (κ1) is 23.0. The lowest BCUT2D eigenvalue weighted by Crippen LogP contribution is -2.44. The quantitative estimate of drug-likeness (QED) is 0.652. The van der Waals surface area contributed by atoms with Crippen molar-refractivity contribution in [2.24, 2.45) is 0 Å². The molecule has 1 amide bonds. The summed E-state index contributed by atoms with van der Waals surface area (Å²) in [7, 11) is -3.40. The smallest absolute Gasteiger partial charge is 0.410 e. The summed E-state index contributed by atoms with van der Waals surface area (Å²) in [5.41, 5.74) is 0.327. The summed E-state index contributed by atoms with van der Waals surface area (Å²) in [6, 6.07) is 0. The predicted octanol–water partition coefficient (Wildman–Crippen LogP) is 2.00. The number of amides is 1. The van der Waals surface area contributed by atoms with Crippen LogP contribution in [0, 0.1) is 0 Å². The van der Waals surface area contributed by atoms with E-state index in [1.165, 1.54) is 18.9 Å². The number of likely N-dealkylation sites (tertiary alicyclic amines) is 1. The number of piperidine rings is 1. The summed E-state index contributed by atoms with van der Waals surface area (Å²) < 4.78 is 37.6. The summed E-state index contributed by atoms with van der Waals surface area (Å²) in [6.45, 7) is 6.56. The molecular formula is C21H28N6O5S. The summed E-state index contributed by atoms with van der Waals surface area (Å²) >= 11 is 0. The predicted molar refractivity (Wildman–Crippen MR) is 122 cm³/mol. The molecule has 0 spiro atoms. The van der Waals surface area contributed by atoms with Crippen molar-refractivity contribution in [2.45, 2.75) is 50.7 Å². The third-order valence-electron chi connectivity index (χ3n) is 5.23. The van der Waals surface area contributed by atoms with E-state index >= 15 is 0 Å². The number of fused-ring (bicyclic) bond motifs is 1. The van der Waals surface area contributed by atoms with Crippen LogP contribution in [-0.2, 0) is 14.6 Å². The number of carbonyl (C=O) groups is 1. The molecular weight excluding hydrogens is 448 g/mol. The Hall–Kier alpha value is -3.15. The minimum Gasteiger partial charge on any atom is -0.473 e. The molecule has 2 aliphatic rings. The number of nitrogens with zero attached hydrogens (tertiary/aromatic N) is 6. The number of carbonyl (C=O) groups excluding carboxylic acids is 1. The molecule has 1 saturated heterocycles. The van der Waals surface area contributed by atoms with Crippen molar-refractivity contribution >= 4 is 27.1 Å². The SMILES string of the molecule is CC(C)(C)OC(=O)N1CCC(Oc2ncnc3c2ncn3N2C=CC=CC2S(C)(=O)=O)CC1. The van der Waals surface area contributed by atoms with Gasteiger partial charge in [-0.15, -0.1) is 0 Å². The molecule has 1 unspecified atom stereocenters. The van der Waals surface area contributed by atoms with Gasteiger partial charge in [0.25, 0.3) is 0 Å². The molecule has 2 aromatic rings. The van der Waals surface area contributed by atoms with E-state index in [0.717, 1.165) is 0 Å². The van der Waals surface area contributed by atoms with Gasteiger partial charge in [0, 0.05) is 38.4 Å². The fraction of sp³-hybridized carbons (Fsp3) is 0.524. The van der Waals surface area contributed by atoms with Gasteiger partial charge in [-0.05, 0) is 32.9 Å². The van der Waals surface area contributed by atoms with Gasteiger partial charge in [0.1, 0.15) is 24.4 Å². The fourth-order valence-corrected chi connectivity index (χ4v) is 4.64. The maximum atomic E-state index is 12.3. The van der Waals surface area contributed by atoms with Gasteiger partial charge in [0.15, 0.2) is 26.4 Å². The lowest BCUT2D eigenvalue weighted by molar-refractivity contribution is 0.0124. The van der Waals surface area contributed by atoms with Crippen molar-refractivity contribution in [1.82, 2.24) is 24.5 Å². The maximum absolute atomic E-state index is 12.3. The minimum absolute atomic E-state index is 0.145. The molecule has 4 rings (SSSR count). The maximum Gasteiger partial charge on any atom is 0.410 e. The monoisotopic (exact) mass is 476 g/mol. The molecule has 0 saturated carbocycles. The molecule has 1 fully saturated rings. The molecule has 1 atom stereocenters. The van der Waals surface area contributed by atoms with E-state index in [1.807, 2.05) is 20.8 Å². The average Bonchev–Trinajstić information content (AvgIpc) is 3.17. The highest BCUT2D eigenvalue weighted by atomic mass is 32.2. The molecule has 12 heteroatoms. The third kappa shape index (κ3) is 5.10. The molecule has 0 radical (unpaired) electrons. The largest absolute Gasteiger partial charge is 0.473 e. The van der Waals surface area contributed by atoms with Crippen molar-refractivity contribution in [3.8, 4) is 5.88 Å². The van der Waals surface area contributed by atoms with E-state index in [0.29, 0.717) is 43.0 Å². The second-order valence-corrected chi connectivity index (χ2v) is 11.2. The zero-order valence-corrected chi connectivity index (χ0v) is 19.9. The Balaban J connectivity index is 1.49. The normalized spacial score (nSPS) is 19.8. The number of allylic oxidation sites excluding steroid dienone is 2. The van der Waals surface area contributed by atoms with Gasteiger partial charge in [-0.25, -0.2) is 27.9 Å².